The van der Waals surface area contributed by atoms with Gasteiger partial charge in [0.15, 0.2) is 0 Å². The first-order valence-corrected chi connectivity index (χ1v) is 5.98. The van der Waals surface area contributed by atoms with Gasteiger partial charge in [0.2, 0.25) is 0 Å². The standard InChI is InChI=1S/C15H15N3O/c1-11-3-5-13(6-4-11)12(2)17-18-15(19)14-7-9-16-10-8-14/h3-10H,1-2H3,(H,18,19)/b17-12-. The number of aryl methyl sites for hydroxylation is 1. The van der Waals surface area contributed by atoms with Gasteiger partial charge in [0, 0.05) is 18.0 Å². The summed E-state index contributed by atoms with van der Waals surface area (Å²) >= 11 is 0. The van der Waals surface area contributed by atoms with Crippen molar-refractivity contribution in [1.29, 1.82) is 0 Å². The summed E-state index contributed by atoms with van der Waals surface area (Å²) in [5, 5.41) is 4.10. The second-order valence-electron chi connectivity index (χ2n) is 4.24. The maximum absolute atomic E-state index is 11.8. The van der Waals surface area contributed by atoms with Crippen LogP contribution in [0.5, 0.6) is 0 Å². The molecule has 1 amide bonds. The molecule has 0 saturated heterocycles. The van der Waals surface area contributed by atoms with Gasteiger partial charge in [-0.25, -0.2) is 5.43 Å². The molecule has 19 heavy (non-hydrogen) atoms. The van der Waals surface area contributed by atoms with Crippen molar-refractivity contribution in [3.05, 3.63) is 65.5 Å². The molecule has 2 aromatic rings. The van der Waals surface area contributed by atoms with Crippen molar-refractivity contribution in [3.8, 4) is 0 Å². The highest BCUT2D eigenvalue weighted by atomic mass is 16.2. The van der Waals surface area contributed by atoms with Gasteiger partial charge in [0.05, 0.1) is 5.71 Å². The van der Waals surface area contributed by atoms with E-state index in [4.69, 9.17) is 0 Å². The monoisotopic (exact) mass is 253 g/mol. The second-order valence-corrected chi connectivity index (χ2v) is 4.24. The highest BCUT2D eigenvalue weighted by Crippen LogP contribution is 2.04. The number of rotatable bonds is 3. The number of nitrogens with one attached hydrogen (secondary N) is 1. The van der Waals surface area contributed by atoms with Crippen LogP contribution in [0.3, 0.4) is 0 Å². The largest absolute Gasteiger partial charge is 0.271 e. The van der Waals surface area contributed by atoms with Crippen LogP contribution < -0.4 is 5.43 Å². The molecule has 1 aromatic heterocycles. The molecule has 0 bridgehead atoms. The van der Waals surface area contributed by atoms with Crippen LogP contribution in [-0.4, -0.2) is 16.6 Å². The molecule has 1 heterocycles. The van der Waals surface area contributed by atoms with Gasteiger partial charge < -0.3 is 0 Å². The number of hydrazone groups is 1. The summed E-state index contributed by atoms with van der Waals surface area (Å²) in [5.74, 6) is -0.242. The fourth-order valence-corrected chi connectivity index (χ4v) is 1.56. The maximum Gasteiger partial charge on any atom is 0.271 e. The summed E-state index contributed by atoms with van der Waals surface area (Å²) in [4.78, 5) is 15.7. The van der Waals surface area contributed by atoms with E-state index in [0.717, 1.165) is 11.3 Å². The third-order valence-corrected chi connectivity index (χ3v) is 2.74. The van der Waals surface area contributed by atoms with Gasteiger partial charge in [-0.05, 0) is 31.5 Å². The minimum absolute atomic E-state index is 0.242. The summed E-state index contributed by atoms with van der Waals surface area (Å²) in [5.41, 5.74) is 6.02. The van der Waals surface area contributed by atoms with Gasteiger partial charge in [-0.2, -0.15) is 5.10 Å². The highest BCUT2D eigenvalue weighted by molar-refractivity contribution is 6.00. The molecule has 4 heteroatoms. The highest BCUT2D eigenvalue weighted by Gasteiger charge is 2.03. The van der Waals surface area contributed by atoms with Crippen molar-refractivity contribution < 1.29 is 4.79 Å². The molecule has 0 fully saturated rings. The lowest BCUT2D eigenvalue weighted by molar-refractivity contribution is 0.0954. The number of amides is 1. The predicted molar refractivity (Wildman–Crippen MR) is 75.1 cm³/mol. The fourth-order valence-electron chi connectivity index (χ4n) is 1.56. The molecule has 0 radical (unpaired) electrons. The molecule has 0 aliphatic carbocycles. The lowest BCUT2D eigenvalue weighted by Crippen LogP contribution is -2.19. The van der Waals surface area contributed by atoms with Crippen LogP contribution in [0.25, 0.3) is 0 Å². The first kappa shape index (κ1) is 13.0. The van der Waals surface area contributed by atoms with E-state index in [9.17, 15) is 4.79 Å². The van der Waals surface area contributed by atoms with Gasteiger partial charge in [0.1, 0.15) is 0 Å². The summed E-state index contributed by atoms with van der Waals surface area (Å²) < 4.78 is 0. The number of benzene rings is 1. The number of nitrogens with zero attached hydrogens (tertiary/aromatic N) is 2. The van der Waals surface area contributed by atoms with E-state index in [1.807, 2.05) is 38.1 Å². The van der Waals surface area contributed by atoms with Crippen molar-refractivity contribution >= 4 is 11.6 Å². The predicted octanol–water partition coefficient (Wildman–Crippen LogP) is 2.54. The normalized spacial score (nSPS) is 11.2. The Labute approximate surface area is 112 Å². The van der Waals surface area contributed by atoms with Gasteiger partial charge >= 0.3 is 0 Å². The minimum Gasteiger partial charge on any atom is -0.267 e. The second kappa shape index (κ2) is 5.91. The Morgan fingerprint density at radius 1 is 1.05 bits per heavy atom. The molecule has 0 atom stereocenters. The molecule has 0 aliphatic rings. The number of aromatic nitrogens is 1. The fraction of sp³-hybridized carbons (Fsp3) is 0.133. The van der Waals surface area contributed by atoms with Crippen LogP contribution in [0.15, 0.2) is 53.9 Å². The van der Waals surface area contributed by atoms with Crippen molar-refractivity contribution in [2.24, 2.45) is 5.10 Å². The van der Waals surface area contributed by atoms with E-state index >= 15 is 0 Å². The van der Waals surface area contributed by atoms with Crippen LogP contribution in [-0.2, 0) is 0 Å². The third-order valence-electron chi connectivity index (χ3n) is 2.74. The number of hydrogen-bond donors (Lipinski definition) is 1. The topological polar surface area (TPSA) is 54.4 Å². The zero-order chi connectivity index (χ0) is 13.7. The Morgan fingerprint density at radius 2 is 1.68 bits per heavy atom. The van der Waals surface area contributed by atoms with Crippen LogP contribution >= 0.6 is 0 Å². The van der Waals surface area contributed by atoms with Crippen LogP contribution in [0.4, 0.5) is 0 Å². The first-order valence-electron chi connectivity index (χ1n) is 5.98. The zero-order valence-electron chi connectivity index (χ0n) is 10.9. The van der Waals surface area contributed by atoms with Crippen molar-refractivity contribution in [3.63, 3.8) is 0 Å². The maximum atomic E-state index is 11.8. The average molecular weight is 253 g/mol. The number of carbonyl (C=O) groups is 1. The minimum atomic E-state index is -0.242. The van der Waals surface area contributed by atoms with Crippen LogP contribution in [0.2, 0.25) is 0 Å². The Morgan fingerprint density at radius 3 is 2.32 bits per heavy atom. The molecular weight excluding hydrogens is 238 g/mol. The Hall–Kier alpha value is -2.49. The van der Waals surface area contributed by atoms with E-state index in [1.54, 1.807) is 24.5 Å². The molecule has 4 nitrogen and oxygen atoms in total. The Bertz CT molecular complexity index is 589. The zero-order valence-corrected chi connectivity index (χ0v) is 10.9. The molecule has 1 N–H and O–H groups in total. The smallest absolute Gasteiger partial charge is 0.267 e. The summed E-state index contributed by atoms with van der Waals surface area (Å²) in [6, 6.07) is 11.3. The van der Waals surface area contributed by atoms with Crippen LogP contribution in [0.1, 0.15) is 28.4 Å². The first-order chi connectivity index (χ1) is 9.16. The average Bonchev–Trinajstić information content (AvgIpc) is 2.46. The molecule has 0 saturated carbocycles. The van der Waals surface area contributed by atoms with Crippen molar-refractivity contribution in [2.45, 2.75) is 13.8 Å². The summed E-state index contributed by atoms with van der Waals surface area (Å²) in [6.45, 7) is 3.89. The van der Waals surface area contributed by atoms with Gasteiger partial charge in [-0.3, -0.25) is 9.78 Å². The Balaban J connectivity index is 2.06. The van der Waals surface area contributed by atoms with Gasteiger partial charge in [-0.15, -0.1) is 0 Å². The lowest BCUT2D eigenvalue weighted by atomic mass is 10.1. The van der Waals surface area contributed by atoms with Crippen LogP contribution in [0, 0.1) is 6.92 Å². The van der Waals surface area contributed by atoms with E-state index in [2.05, 4.69) is 15.5 Å². The number of hydrogen-bond acceptors (Lipinski definition) is 3. The lowest BCUT2D eigenvalue weighted by Gasteiger charge is -2.03. The van der Waals surface area contributed by atoms with Gasteiger partial charge in [-0.1, -0.05) is 29.8 Å². The number of pyridine rings is 1. The molecular formula is C15H15N3O. The van der Waals surface area contributed by atoms with Crippen molar-refractivity contribution in [1.82, 2.24) is 10.4 Å². The summed E-state index contributed by atoms with van der Waals surface area (Å²) in [7, 11) is 0. The molecule has 0 spiro atoms. The third kappa shape index (κ3) is 3.48. The van der Waals surface area contributed by atoms with Gasteiger partial charge in [0.25, 0.3) is 5.91 Å². The quantitative estimate of drug-likeness (QED) is 0.675. The molecule has 1 aromatic carbocycles. The summed E-state index contributed by atoms with van der Waals surface area (Å²) in [6.07, 6.45) is 3.15. The molecule has 96 valence electrons. The van der Waals surface area contributed by atoms with Crippen molar-refractivity contribution in [2.75, 3.05) is 0 Å². The van der Waals surface area contributed by atoms with E-state index in [-0.39, 0.29) is 5.91 Å². The van der Waals surface area contributed by atoms with E-state index in [1.165, 1.54) is 5.56 Å². The SMILES string of the molecule is C/C(=N/NC(=O)c1ccncc1)c1ccc(C)cc1. The molecule has 0 aliphatic heterocycles. The van der Waals surface area contributed by atoms with E-state index in [0.29, 0.717) is 5.56 Å². The number of carbonyl (C=O) groups excluding carboxylic acids is 1. The van der Waals surface area contributed by atoms with E-state index < -0.39 is 0 Å². The molecule has 2 rings (SSSR count). The molecule has 0 unspecified atom stereocenters. The Kier molecular flexibility index (Phi) is 4.03.